The van der Waals surface area contributed by atoms with E-state index < -0.39 is 0 Å². The largest absolute Gasteiger partial charge is 0.0837 e. The first kappa shape index (κ1) is 11.2. The first-order valence-electron chi connectivity index (χ1n) is 6.15. The number of benzene rings is 1. The van der Waals surface area contributed by atoms with Crippen LogP contribution in [-0.4, -0.2) is 0 Å². The van der Waals surface area contributed by atoms with Crippen molar-refractivity contribution in [3.63, 3.8) is 0 Å². The molecule has 0 saturated heterocycles. The lowest BCUT2D eigenvalue weighted by atomic mass is 9.69. The molecule has 1 aromatic rings. The second kappa shape index (κ2) is 4.69. The van der Waals surface area contributed by atoms with Crippen molar-refractivity contribution >= 4 is 0 Å². The SMILES string of the molecule is CCC(c1ccccc1)C1(C)C=CC=CC1. The molecule has 0 N–H and O–H groups in total. The van der Waals surface area contributed by atoms with Crippen LogP contribution >= 0.6 is 0 Å². The van der Waals surface area contributed by atoms with Crippen LogP contribution in [0.5, 0.6) is 0 Å². The van der Waals surface area contributed by atoms with Crippen molar-refractivity contribution in [2.24, 2.45) is 5.41 Å². The van der Waals surface area contributed by atoms with Crippen LogP contribution in [0.1, 0.15) is 38.2 Å². The highest BCUT2D eigenvalue weighted by atomic mass is 14.3. The third-order valence-corrected chi connectivity index (χ3v) is 3.69. The van der Waals surface area contributed by atoms with Crippen molar-refractivity contribution in [2.45, 2.75) is 32.6 Å². The van der Waals surface area contributed by atoms with Gasteiger partial charge >= 0.3 is 0 Å². The van der Waals surface area contributed by atoms with Crippen LogP contribution in [0, 0.1) is 5.41 Å². The zero-order valence-electron chi connectivity index (χ0n) is 10.2. The second-order valence-electron chi connectivity index (χ2n) is 4.87. The molecule has 1 aliphatic rings. The molecular formula is C16H20. The number of rotatable bonds is 3. The van der Waals surface area contributed by atoms with Gasteiger partial charge in [0.2, 0.25) is 0 Å². The highest BCUT2D eigenvalue weighted by Gasteiger charge is 2.31. The van der Waals surface area contributed by atoms with Crippen molar-refractivity contribution in [3.05, 3.63) is 60.2 Å². The Morgan fingerprint density at radius 3 is 2.50 bits per heavy atom. The predicted octanol–water partition coefficient (Wildman–Crippen LogP) is 4.70. The van der Waals surface area contributed by atoms with Gasteiger partial charge < -0.3 is 0 Å². The molecule has 1 aromatic carbocycles. The molecule has 0 nitrogen and oxygen atoms in total. The lowest BCUT2D eigenvalue weighted by Crippen LogP contribution is -2.23. The van der Waals surface area contributed by atoms with Gasteiger partial charge in [0.05, 0.1) is 0 Å². The topological polar surface area (TPSA) is 0 Å². The van der Waals surface area contributed by atoms with E-state index in [2.05, 4.69) is 68.5 Å². The molecule has 0 fully saturated rings. The van der Waals surface area contributed by atoms with Gasteiger partial charge in [-0.25, -0.2) is 0 Å². The molecule has 0 heteroatoms. The van der Waals surface area contributed by atoms with Gasteiger partial charge in [0, 0.05) is 0 Å². The standard InChI is InChI=1S/C16H20/c1-3-15(14-10-6-4-7-11-14)16(2)12-8-5-9-13-16/h4-12,15H,3,13H2,1-2H3. The zero-order valence-corrected chi connectivity index (χ0v) is 10.2. The fourth-order valence-corrected chi connectivity index (χ4v) is 2.77. The first-order chi connectivity index (χ1) is 7.76. The average molecular weight is 212 g/mol. The zero-order chi connectivity index (χ0) is 11.4. The summed E-state index contributed by atoms with van der Waals surface area (Å²) in [4.78, 5) is 0. The molecule has 2 unspecified atom stereocenters. The van der Waals surface area contributed by atoms with Crippen LogP contribution in [0.3, 0.4) is 0 Å². The fraction of sp³-hybridized carbons (Fsp3) is 0.375. The maximum absolute atomic E-state index is 2.37. The van der Waals surface area contributed by atoms with Crippen molar-refractivity contribution < 1.29 is 0 Å². The highest BCUT2D eigenvalue weighted by molar-refractivity contribution is 5.27. The van der Waals surface area contributed by atoms with E-state index in [1.807, 2.05) is 0 Å². The summed E-state index contributed by atoms with van der Waals surface area (Å²) >= 11 is 0. The predicted molar refractivity (Wildman–Crippen MR) is 70.5 cm³/mol. The molecule has 0 amide bonds. The highest BCUT2D eigenvalue weighted by Crippen LogP contribution is 2.43. The molecule has 2 atom stereocenters. The van der Waals surface area contributed by atoms with Crippen LogP contribution in [0.25, 0.3) is 0 Å². The average Bonchev–Trinajstić information content (AvgIpc) is 2.32. The minimum Gasteiger partial charge on any atom is -0.0837 e. The quantitative estimate of drug-likeness (QED) is 0.681. The van der Waals surface area contributed by atoms with Gasteiger partial charge in [0.1, 0.15) is 0 Å². The minimum absolute atomic E-state index is 0.283. The summed E-state index contributed by atoms with van der Waals surface area (Å²) in [5.74, 6) is 0.620. The maximum Gasteiger partial charge on any atom is -0.00403 e. The Hall–Kier alpha value is -1.30. The van der Waals surface area contributed by atoms with E-state index in [1.165, 1.54) is 12.0 Å². The second-order valence-corrected chi connectivity index (χ2v) is 4.87. The van der Waals surface area contributed by atoms with Gasteiger partial charge in [0.15, 0.2) is 0 Å². The third-order valence-electron chi connectivity index (χ3n) is 3.69. The molecule has 84 valence electrons. The Labute approximate surface area is 98.7 Å². The Morgan fingerprint density at radius 2 is 1.94 bits per heavy atom. The summed E-state index contributed by atoms with van der Waals surface area (Å²) in [6.45, 7) is 4.66. The van der Waals surface area contributed by atoms with E-state index in [0.29, 0.717) is 5.92 Å². The Balaban J connectivity index is 2.30. The van der Waals surface area contributed by atoms with Gasteiger partial charge in [-0.2, -0.15) is 0 Å². The van der Waals surface area contributed by atoms with Crippen molar-refractivity contribution in [3.8, 4) is 0 Å². The normalized spacial score (nSPS) is 25.6. The molecule has 0 heterocycles. The number of hydrogen-bond acceptors (Lipinski definition) is 0. The van der Waals surface area contributed by atoms with Crippen LogP contribution in [0.15, 0.2) is 54.6 Å². The van der Waals surface area contributed by atoms with Crippen LogP contribution in [0.4, 0.5) is 0 Å². The van der Waals surface area contributed by atoms with Crippen molar-refractivity contribution in [1.82, 2.24) is 0 Å². The van der Waals surface area contributed by atoms with E-state index in [-0.39, 0.29) is 5.41 Å². The Bertz CT molecular complexity index is 386. The smallest absolute Gasteiger partial charge is 0.00403 e. The molecule has 0 radical (unpaired) electrons. The summed E-state index contributed by atoms with van der Waals surface area (Å²) < 4.78 is 0. The first-order valence-corrected chi connectivity index (χ1v) is 6.15. The molecule has 0 aromatic heterocycles. The molecular weight excluding hydrogens is 192 g/mol. The molecule has 2 rings (SSSR count). The van der Waals surface area contributed by atoms with E-state index in [1.54, 1.807) is 0 Å². The Morgan fingerprint density at radius 1 is 1.19 bits per heavy atom. The third kappa shape index (κ3) is 2.11. The van der Waals surface area contributed by atoms with Gasteiger partial charge in [0.25, 0.3) is 0 Å². The van der Waals surface area contributed by atoms with Gasteiger partial charge in [-0.1, -0.05) is 68.5 Å². The van der Waals surface area contributed by atoms with Crippen LogP contribution in [0.2, 0.25) is 0 Å². The van der Waals surface area contributed by atoms with Crippen LogP contribution < -0.4 is 0 Å². The summed E-state index contributed by atoms with van der Waals surface area (Å²) in [6, 6.07) is 10.9. The molecule has 0 saturated carbocycles. The lowest BCUT2D eigenvalue weighted by molar-refractivity contribution is 0.327. The van der Waals surface area contributed by atoms with Gasteiger partial charge in [-0.3, -0.25) is 0 Å². The summed E-state index contributed by atoms with van der Waals surface area (Å²) in [6.07, 6.45) is 11.3. The maximum atomic E-state index is 2.37. The van der Waals surface area contributed by atoms with E-state index in [9.17, 15) is 0 Å². The van der Waals surface area contributed by atoms with Gasteiger partial charge in [-0.15, -0.1) is 0 Å². The molecule has 0 bridgehead atoms. The number of allylic oxidation sites excluding steroid dienone is 4. The molecule has 0 aliphatic heterocycles. The molecule has 1 aliphatic carbocycles. The van der Waals surface area contributed by atoms with E-state index in [0.717, 1.165) is 6.42 Å². The summed E-state index contributed by atoms with van der Waals surface area (Å²) in [7, 11) is 0. The van der Waals surface area contributed by atoms with Crippen molar-refractivity contribution in [1.29, 1.82) is 0 Å². The molecule has 0 spiro atoms. The monoisotopic (exact) mass is 212 g/mol. The molecule has 16 heavy (non-hydrogen) atoms. The lowest BCUT2D eigenvalue weighted by Gasteiger charge is -2.35. The van der Waals surface area contributed by atoms with E-state index >= 15 is 0 Å². The van der Waals surface area contributed by atoms with Crippen molar-refractivity contribution in [2.75, 3.05) is 0 Å². The summed E-state index contributed by atoms with van der Waals surface area (Å²) in [5.41, 5.74) is 1.75. The minimum atomic E-state index is 0.283. The van der Waals surface area contributed by atoms with Gasteiger partial charge in [-0.05, 0) is 29.7 Å². The number of hydrogen-bond donors (Lipinski definition) is 0. The van der Waals surface area contributed by atoms with Crippen LogP contribution in [-0.2, 0) is 0 Å². The fourth-order valence-electron chi connectivity index (χ4n) is 2.77. The summed E-state index contributed by atoms with van der Waals surface area (Å²) in [5, 5.41) is 0. The Kier molecular flexibility index (Phi) is 3.28. The van der Waals surface area contributed by atoms with E-state index in [4.69, 9.17) is 0 Å².